The highest BCUT2D eigenvalue weighted by Crippen LogP contribution is 2.52. The molecular weight excluding hydrogens is 216 g/mol. The third kappa shape index (κ3) is 1.68. The van der Waals surface area contributed by atoms with E-state index in [1.54, 1.807) is 6.92 Å². The predicted octanol–water partition coefficient (Wildman–Crippen LogP) is 1.89. The van der Waals surface area contributed by atoms with Gasteiger partial charge in [0.15, 0.2) is 5.78 Å². The predicted molar refractivity (Wildman–Crippen MR) is 64.4 cm³/mol. The van der Waals surface area contributed by atoms with E-state index < -0.39 is 0 Å². The first-order valence-corrected chi connectivity index (χ1v) is 6.28. The number of allylic oxidation sites excluding steroid dienone is 1. The first-order chi connectivity index (χ1) is 7.91. The van der Waals surface area contributed by atoms with Gasteiger partial charge in [0.25, 0.3) is 0 Å². The Morgan fingerprint density at radius 2 is 2.06 bits per heavy atom. The second-order valence-electron chi connectivity index (χ2n) is 5.67. The standard InChI is InChI=1S/C14H20O3/c1-8-10-6-13(17)9(2)11(7-15)14(10,3)5-4-12(8)16/h8,10,15H,4-7H2,1-3H3/t8-,10-,14-/m0/s1. The molecule has 3 nitrogen and oxygen atoms in total. The van der Waals surface area contributed by atoms with E-state index in [9.17, 15) is 14.7 Å². The molecule has 0 unspecified atom stereocenters. The quantitative estimate of drug-likeness (QED) is 0.756. The molecule has 0 aromatic carbocycles. The number of rotatable bonds is 1. The number of carbonyl (C=O) groups is 2. The number of fused-ring (bicyclic) bond motifs is 1. The van der Waals surface area contributed by atoms with Crippen LogP contribution in [0.5, 0.6) is 0 Å². The van der Waals surface area contributed by atoms with Crippen molar-refractivity contribution in [3.63, 3.8) is 0 Å². The van der Waals surface area contributed by atoms with E-state index >= 15 is 0 Å². The highest BCUT2D eigenvalue weighted by molar-refractivity contribution is 5.98. The van der Waals surface area contributed by atoms with E-state index in [1.165, 1.54) is 0 Å². The first kappa shape index (κ1) is 12.5. The van der Waals surface area contributed by atoms with Crippen molar-refractivity contribution < 1.29 is 14.7 Å². The Morgan fingerprint density at radius 3 is 2.65 bits per heavy atom. The maximum Gasteiger partial charge on any atom is 0.158 e. The molecule has 0 bridgehead atoms. The largest absolute Gasteiger partial charge is 0.392 e. The first-order valence-electron chi connectivity index (χ1n) is 6.28. The van der Waals surface area contributed by atoms with Gasteiger partial charge >= 0.3 is 0 Å². The van der Waals surface area contributed by atoms with Crippen LogP contribution in [-0.2, 0) is 9.59 Å². The summed E-state index contributed by atoms with van der Waals surface area (Å²) in [5.41, 5.74) is 1.41. The SMILES string of the molecule is CC1=C(CO)[C@@]2(C)CCC(=O)[C@@H](C)[C@@H]2CC1=O. The van der Waals surface area contributed by atoms with Gasteiger partial charge in [-0.15, -0.1) is 0 Å². The van der Waals surface area contributed by atoms with Gasteiger partial charge < -0.3 is 5.11 Å². The van der Waals surface area contributed by atoms with Crippen molar-refractivity contribution in [2.45, 2.75) is 40.0 Å². The Morgan fingerprint density at radius 1 is 1.41 bits per heavy atom. The van der Waals surface area contributed by atoms with Crippen LogP contribution in [0.15, 0.2) is 11.1 Å². The molecule has 1 saturated carbocycles. The fourth-order valence-electron chi connectivity index (χ4n) is 3.60. The molecule has 1 N–H and O–H groups in total. The van der Waals surface area contributed by atoms with Crippen molar-refractivity contribution >= 4 is 11.6 Å². The molecule has 17 heavy (non-hydrogen) atoms. The van der Waals surface area contributed by atoms with Crippen molar-refractivity contribution in [3.8, 4) is 0 Å². The molecule has 2 aliphatic carbocycles. The van der Waals surface area contributed by atoms with E-state index in [4.69, 9.17) is 0 Å². The molecule has 2 aliphatic rings. The van der Waals surface area contributed by atoms with Gasteiger partial charge in [-0.2, -0.15) is 0 Å². The molecule has 0 aliphatic heterocycles. The van der Waals surface area contributed by atoms with Crippen LogP contribution in [0.4, 0.5) is 0 Å². The average Bonchev–Trinajstić information content (AvgIpc) is 2.29. The van der Waals surface area contributed by atoms with Crippen LogP contribution in [0.2, 0.25) is 0 Å². The summed E-state index contributed by atoms with van der Waals surface area (Å²) in [6.07, 6.45) is 1.79. The lowest BCUT2D eigenvalue weighted by Gasteiger charge is -2.48. The zero-order valence-electron chi connectivity index (χ0n) is 10.7. The van der Waals surface area contributed by atoms with Crippen LogP contribution in [0.3, 0.4) is 0 Å². The number of hydrogen-bond donors (Lipinski definition) is 1. The van der Waals surface area contributed by atoms with Gasteiger partial charge in [-0.3, -0.25) is 9.59 Å². The van der Waals surface area contributed by atoms with Gasteiger partial charge in [0.1, 0.15) is 5.78 Å². The smallest absolute Gasteiger partial charge is 0.158 e. The highest BCUT2D eigenvalue weighted by Gasteiger charge is 2.50. The summed E-state index contributed by atoms with van der Waals surface area (Å²) >= 11 is 0. The molecule has 94 valence electrons. The van der Waals surface area contributed by atoms with Gasteiger partial charge in [0, 0.05) is 18.8 Å². The number of carbonyl (C=O) groups excluding carboxylic acids is 2. The fraction of sp³-hybridized carbons (Fsp3) is 0.714. The van der Waals surface area contributed by atoms with E-state index in [0.29, 0.717) is 18.4 Å². The van der Waals surface area contributed by atoms with Crippen molar-refractivity contribution in [2.75, 3.05) is 6.61 Å². The Kier molecular flexibility index (Phi) is 2.98. The van der Waals surface area contributed by atoms with Gasteiger partial charge in [0.05, 0.1) is 6.61 Å². The number of hydrogen-bond acceptors (Lipinski definition) is 3. The number of Topliss-reactive ketones (excluding diaryl/α,β-unsaturated/α-hetero) is 2. The highest BCUT2D eigenvalue weighted by atomic mass is 16.3. The Bertz CT molecular complexity index is 408. The minimum atomic E-state index is -0.167. The van der Waals surface area contributed by atoms with Gasteiger partial charge in [-0.05, 0) is 35.8 Å². The van der Waals surface area contributed by atoms with Gasteiger partial charge in [-0.1, -0.05) is 13.8 Å². The maximum atomic E-state index is 11.9. The molecule has 0 spiro atoms. The maximum absolute atomic E-state index is 11.9. The van der Waals surface area contributed by atoms with Crippen LogP contribution in [0.25, 0.3) is 0 Å². The molecule has 0 saturated heterocycles. The molecule has 2 rings (SSSR count). The summed E-state index contributed by atoms with van der Waals surface area (Å²) in [7, 11) is 0. The van der Waals surface area contributed by atoms with Crippen molar-refractivity contribution in [3.05, 3.63) is 11.1 Å². The number of aliphatic hydroxyl groups is 1. The Balaban J connectivity index is 2.50. The minimum absolute atomic E-state index is 0.0626. The van der Waals surface area contributed by atoms with Crippen molar-refractivity contribution in [1.82, 2.24) is 0 Å². The third-order valence-electron chi connectivity index (χ3n) is 4.94. The molecule has 1 fully saturated rings. The van der Waals surface area contributed by atoms with Crippen LogP contribution in [0, 0.1) is 17.3 Å². The Labute approximate surface area is 102 Å². The van der Waals surface area contributed by atoms with Gasteiger partial charge in [0.2, 0.25) is 0 Å². The molecule has 0 radical (unpaired) electrons. The monoisotopic (exact) mass is 236 g/mol. The lowest BCUT2D eigenvalue weighted by Crippen LogP contribution is -2.47. The van der Waals surface area contributed by atoms with E-state index in [1.807, 2.05) is 6.92 Å². The Hall–Kier alpha value is -0.960. The van der Waals surface area contributed by atoms with Crippen LogP contribution in [0.1, 0.15) is 40.0 Å². The number of ketones is 2. The van der Waals surface area contributed by atoms with Crippen LogP contribution >= 0.6 is 0 Å². The zero-order valence-corrected chi connectivity index (χ0v) is 10.7. The topological polar surface area (TPSA) is 54.4 Å². The molecule has 0 aromatic heterocycles. The van der Waals surface area contributed by atoms with Crippen molar-refractivity contribution in [2.24, 2.45) is 17.3 Å². The second-order valence-corrected chi connectivity index (χ2v) is 5.67. The molecule has 3 heteroatoms. The lowest BCUT2D eigenvalue weighted by atomic mass is 9.54. The second kappa shape index (κ2) is 4.05. The average molecular weight is 236 g/mol. The molecule has 0 heterocycles. The normalized spacial score (nSPS) is 38.4. The summed E-state index contributed by atoms with van der Waals surface area (Å²) in [5.74, 6) is 0.365. The lowest BCUT2D eigenvalue weighted by molar-refractivity contribution is -0.132. The summed E-state index contributed by atoms with van der Waals surface area (Å²) in [6.45, 7) is 5.76. The van der Waals surface area contributed by atoms with Crippen LogP contribution in [-0.4, -0.2) is 23.3 Å². The van der Waals surface area contributed by atoms with E-state index in [0.717, 1.165) is 12.0 Å². The molecular formula is C14H20O3. The van der Waals surface area contributed by atoms with Crippen LogP contribution < -0.4 is 0 Å². The molecule has 3 atom stereocenters. The molecule has 0 aromatic rings. The van der Waals surface area contributed by atoms with Gasteiger partial charge in [-0.25, -0.2) is 0 Å². The summed E-state index contributed by atoms with van der Waals surface area (Å²) in [5, 5.41) is 9.54. The fourth-order valence-corrected chi connectivity index (χ4v) is 3.60. The van der Waals surface area contributed by atoms with Crippen molar-refractivity contribution in [1.29, 1.82) is 0 Å². The summed E-state index contributed by atoms with van der Waals surface area (Å²) in [6, 6.07) is 0. The van der Waals surface area contributed by atoms with E-state index in [-0.39, 0.29) is 35.4 Å². The minimum Gasteiger partial charge on any atom is -0.392 e. The summed E-state index contributed by atoms with van der Waals surface area (Å²) < 4.78 is 0. The zero-order chi connectivity index (χ0) is 12.8. The summed E-state index contributed by atoms with van der Waals surface area (Å²) in [4.78, 5) is 23.7. The number of aliphatic hydroxyl groups excluding tert-OH is 1. The molecule has 0 amide bonds. The third-order valence-corrected chi connectivity index (χ3v) is 4.94. The van der Waals surface area contributed by atoms with E-state index in [2.05, 4.69) is 6.92 Å².